The third-order valence-corrected chi connectivity index (χ3v) is 3.81. The number of hydrogen-bond acceptors (Lipinski definition) is 2. The Morgan fingerprint density at radius 3 is 2.07 bits per heavy atom. The molecule has 1 rings (SSSR count). The molecule has 1 N–H and O–H groups in total. The van der Waals surface area contributed by atoms with Gasteiger partial charge in [0.2, 0.25) is 10.0 Å². The fourth-order valence-corrected chi connectivity index (χ4v) is 3.11. The van der Waals surface area contributed by atoms with E-state index in [0.29, 0.717) is 5.92 Å². The van der Waals surface area contributed by atoms with E-state index in [1.807, 2.05) is 6.92 Å². The van der Waals surface area contributed by atoms with Crippen LogP contribution in [0.15, 0.2) is 0 Å². The average molecular weight is 219 g/mol. The highest BCUT2D eigenvalue weighted by Gasteiger charge is 2.21. The molecule has 0 aromatic rings. The first-order chi connectivity index (χ1) is 6.49. The van der Waals surface area contributed by atoms with Gasteiger partial charge in [-0.05, 0) is 25.7 Å². The van der Waals surface area contributed by atoms with Crippen molar-refractivity contribution >= 4 is 10.0 Å². The van der Waals surface area contributed by atoms with Crippen molar-refractivity contribution in [1.82, 2.24) is 4.72 Å². The molecule has 0 heterocycles. The van der Waals surface area contributed by atoms with E-state index in [1.54, 1.807) is 0 Å². The van der Waals surface area contributed by atoms with E-state index < -0.39 is 10.0 Å². The van der Waals surface area contributed by atoms with E-state index in [0.717, 1.165) is 0 Å². The van der Waals surface area contributed by atoms with Gasteiger partial charge in [-0.1, -0.05) is 25.7 Å². The molecular weight excluding hydrogens is 198 g/mol. The van der Waals surface area contributed by atoms with Crippen LogP contribution in [0.5, 0.6) is 0 Å². The van der Waals surface area contributed by atoms with E-state index in [4.69, 9.17) is 0 Å². The summed E-state index contributed by atoms with van der Waals surface area (Å²) in [4.78, 5) is 0. The average Bonchev–Trinajstić information content (AvgIpc) is 2.27. The molecule has 84 valence electrons. The second-order valence-corrected chi connectivity index (χ2v) is 6.21. The molecule has 1 aliphatic carbocycles. The Kier molecular flexibility index (Phi) is 4.38. The van der Waals surface area contributed by atoms with Gasteiger partial charge in [0.15, 0.2) is 0 Å². The third kappa shape index (κ3) is 4.42. The summed E-state index contributed by atoms with van der Waals surface area (Å²) in [6, 6.07) is 0.100. The van der Waals surface area contributed by atoms with Crippen molar-refractivity contribution < 1.29 is 8.42 Å². The first-order valence-corrected chi connectivity index (χ1v) is 7.35. The van der Waals surface area contributed by atoms with E-state index in [1.165, 1.54) is 44.8 Å². The van der Waals surface area contributed by atoms with Crippen LogP contribution < -0.4 is 4.72 Å². The molecular formula is C10H21NO2S. The Hall–Kier alpha value is -0.0900. The van der Waals surface area contributed by atoms with Crippen LogP contribution >= 0.6 is 0 Å². The highest BCUT2D eigenvalue weighted by atomic mass is 32.2. The van der Waals surface area contributed by atoms with Gasteiger partial charge >= 0.3 is 0 Å². The molecule has 0 aromatic heterocycles. The van der Waals surface area contributed by atoms with Crippen LogP contribution in [0, 0.1) is 5.92 Å². The zero-order chi connectivity index (χ0) is 10.6. The zero-order valence-electron chi connectivity index (χ0n) is 9.12. The Morgan fingerprint density at radius 2 is 1.64 bits per heavy atom. The molecule has 0 saturated heterocycles. The van der Waals surface area contributed by atoms with Crippen LogP contribution in [0.3, 0.4) is 0 Å². The van der Waals surface area contributed by atoms with Crippen molar-refractivity contribution in [3.63, 3.8) is 0 Å². The number of sulfonamides is 1. The van der Waals surface area contributed by atoms with Crippen LogP contribution in [-0.2, 0) is 10.0 Å². The molecule has 0 bridgehead atoms. The molecule has 1 aliphatic rings. The molecule has 0 radical (unpaired) electrons. The second kappa shape index (κ2) is 5.12. The van der Waals surface area contributed by atoms with Crippen LogP contribution in [0.25, 0.3) is 0 Å². The minimum atomic E-state index is -3.03. The lowest BCUT2D eigenvalue weighted by Gasteiger charge is -2.22. The molecule has 1 atom stereocenters. The standard InChI is InChI=1S/C10H21NO2S/c1-9(11-14(2,12)13)10-7-5-3-4-6-8-10/h9-11H,3-8H2,1-2H3/t9-/m1/s1. The van der Waals surface area contributed by atoms with Crippen molar-refractivity contribution in [2.75, 3.05) is 6.26 Å². The maximum Gasteiger partial charge on any atom is 0.208 e. The van der Waals surface area contributed by atoms with E-state index in [2.05, 4.69) is 4.72 Å². The Bertz CT molecular complexity index is 253. The lowest BCUT2D eigenvalue weighted by molar-refractivity contribution is 0.371. The van der Waals surface area contributed by atoms with E-state index >= 15 is 0 Å². The summed E-state index contributed by atoms with van der Waals surface area (Å²) in [5, 5.41) is 0. The summed E-state index contributed by atoms with van der Waals surface area (Å²) in [5.41, 5.74) is 0. The van der Waals surface area contributed by atoms with Gasteiger partial charge in [-0.2, -0.15) is 0 Å². The molecule has 3 nitrogen and oxygen atoms in total. The van der Waals surface area contributed by atoms with E-state index in [-0.39, 0.29) is 6.04 Å². The first kappa shape index (κ1) is 12.0. The predicted molar refractivity (Wildman–Crippen MR) is 58.6 cm³/mol. The highest BCUT2D eigenvalue weighted by Crippen LogP contribution is 2.25. The van der Waals surface area contributed by atoms with Crippen molar-refractivity contribution in [3.05, 3.63) is 0 Å². The maximum atomic E-state index is 11.1. The predicted octanol–water partition coefficient (Wildman–Crippen LogP) is 1.89. The lowest BCUT2D eigenvalue weighted by atomic mass is 9.94. The van der Waals surface area contributed by atoms with Crippen LogP contribution in [0.2, 0.25) is 0 Å². The fourth-order valence-electron chi connectivity index (χ4n) is 2.24. The molecule has 0 spiro atoms. The van der Waals surface area contributed by atoms with Gasteiger partial charge in [0.05, 0.1) is 6.26 Å². The summed E-state index contributed by atoms with van der Waals surface area (Å²) in [6.07, 6.45) is 8.69. The number of hydrogen-bond donors (Lipinski definition) is 1. The summed E-state index contributed by atoms with van der Waals surface area (Å²) < 4.78 is 24.8. The number of rotatable bonds is 3. The van der Waals surface area contributed by atoms with Crippen LogP contribution in [0.1, 0.15) is 45.4 Å². The zero-order valence-corrected chi connectivity index (χ0v) is 9.94. The molecule has 0 amide bonds. The molecule has 4 heteroatoms. The minimum Gasteiger partial charge on any atom is -0.213 e. The highest BCUT2D eigenvalue weighted by molar-refractivity contribution is 7.88. The largest absolute Gasteiger partial charge is 0.213 e. The second-order valence-electron chi connectivity index (χ2n) is 4.43. The van der Waals surface area contributed by atoms with Crippen molar-refractivity contribution in [1.29, 1.82) is 0 Å². The normalized spacial score (nSPS) is 23.0. The summed E-state index contributed by atoms with van der Waals surface area (Å²) in [6.45, 7) is 1.98. The summed E-state index contributed by atoms with van der Waals surface area (Å²) >= 11 is 0. The van der Waals surface area contributed by atoms with Crippen molar-refractivity contribution in [3.8, 4) is 0 Å². The van der Waals surface area contributed by atoms with Crippen molar-refractivity contribution in [2.24, 2.45) is 5.92 Å². The molecule has 14 heavy (non-hydrogen) atoms. The SMILES string of the molecule is C[C@@H](NS(C)(=O)=O)C1CCCCCC1. The summed E-state index contributed by atoms with van der Waals surface area (Å²) in [5.74, 6) is 0.534. The third-order valence-electron chi connectivity index (χ3n) is 3.01. The molecule has 1 saturated carbocycles. The first-order valence-electron chi connectivity index (χ1n) is 5.46. The molecule has 0 aliphatic heterocycles. The van der Waals surface area contributed by atoms with Gasteiger partial charge in [0.1, 0.15) is 0 Å². The number of nitrogens with one attached hydrogen (secondary N) is 1. The van der Waals surface area contributed by atoms with Gasteiger partial charge < -0.3 is 0 Å². The maximum absolute atomic E-state index is 11.1. The topological polar surface area (TPSA) is 46.2 Å². The van der Waals surface area contributed by atoms with Gasteiger partial charge in [-0.3, -0.25) is 0 Å². The van der Waals surface area contributed by atoms with Gasteiger partial charge in [-0.15, -0.1) is 0 Å². The molecule has 1 fully saturated rings. The lowest BCUT2D eigenvalue weighted by Crippen LogP contribution is -2.37. The minimum absolute atomic E-state index is 0.100. The van der Waals surface area contributed by atoms with E-state index in [9.17, 15) is 8.42 Å². The smallest absolute Gasteiger partial charge is 0.208 e. The van der Waals surface area contributed by atoms with Gasteiger partial charge in [0.25, 0.3) is 0 Å². The van der Waals surface area contributed by atoms with Gasteiger partial charge in [-0.25, -0.2) is 13.1 Å². The molecule has 0 aromatic carbocycles. The van der Waals surface area contributed by atoms with Crippen LogP contribution in [-0.4, -0.2) is 20.7 Å². The van der Waals surface area contributed by atoms with Crippen LogP contribution in [0.4, 0.5) is 0 Å². The quantitative estimate of drug-likeness (QED) is 0.737. The fraction of sp³-hybridized carbons (Fsp3) is 1.00. The Morgan fingerprint density at radius 1 is 1.14 bits per heavy atom. The monoisotopic (exact) mass is 219 g/mol. The Labute approximate surface area is 87.3 Å². The summed E-state index contributed by atoms with van der Waals surface area (Å²) in [7, 11) is -3.03. The molecule has 0 unspecified atom stereocenters. The van der Waals surface area contributed by atoms with Crippen molar-refractivity contribution in [2.45, 2.75) is 51.5 Å². The Balaban J connectivity index is 2.45. The van der Waals surface area contributed by atoms with Gasteiger partial charge in [0, 0.05) is 6.04 Å².